The molecule has 0 heterocycles. The monoisotopic (exact) mass is 239 g/mol. The lowest BCUT2D eigenvalue weighted by Crippen LogP contribution is -2.10. The van der Waals surface area contributed by atoms with E-state index in [-0.39, 0.29) is 5.69 Å². The lowest BCUT2D eigenvalue weighted by atomic mass is 10.2. The van der Waals surface area contributed by atoms with Crippen LogP contribution in [0.5, 0.6) is 0 Å². The van der Waals surface area contributed by atoms with Crippen LogP contribution in [0.4, 0.5) is 23.2 Å². The summed E-state index contributed by atoms with van der Waals surface area (Å²) >= 11 is 0.605. The Balaban J connectivity index is 2.82. The lowest BCUT2D eigenvalue weighted by molar-refractivity contribution is -0.105. The van der Waals surface area contributed by atoms with Crippen LogP contribution in [0.3, 0.4) is 0 Å². The minimum Gasteiger partial charge on any atom is -0.396 e. The van der Waals surface area contributed by atoms with Gasteiger partial charge in [0.1, 0.15) is 5.82 Å². The number of aryl methyl sites for hydroxylation is 1. The quantitative estimate of drug-likeness (QED) is 0.486. The number of hydrogen-bond donors (Lipinski definition) is 1. The van der Waals surface area contributed by atoms with Gasteiger partial charge >= 0.3 is 6.18 Å². The van der Waals surface area contributed by atoms with Gasteiger partial charge in [-0.25, -0.2) is 4.39 Å². The second-order valence-electron chi connectivity index (χ2n) is 3.04. The van der Waals surface area contributed by atoms with Gasteiger partial charge in [0, 0.05) is 4.90 Å². The van der Waals surface area contributed by atoms with Crippen LogP contribution in [0.25, 0.3) is 0 Å². The minimum absolute atomic E-state index is 0.134. The summed E-state index contributed by atoms with van der Waals surface area (Å²) in [5.74, 6) is -1.61. The Kier molecular flexibility index (Phi) is 3.49. The number of nitrogens with two attached hydrogens (primary N) is 1. The summed E-state index contributed by atoms with van der Waals surface area (Å²) in [6.45, 7) is 1.54. The van der Waals surface area contributed by atoms with E-state index in [9.17, 15) is 17.6 Å². The fourth-order valence-electron chi connectivity index (χ4n) is 0.984. The van der Waals surface area contributed by atoms with E-state index in [0.717, 1.165) is 6.07 Å². The first-order valence-corrected chi connectivity index (χ1v) is 5.03. The van der Waals surface area contributed by atoms with Gasteiger partial charge in [0.05, 0.1) is 11.4 Å². The van der Waals surface area contributed by atoms with E-state index in [1.54, 1.807) is 6.92 Å². The van der Waals surface area contributed by atoms with Gasteiger partial charge in [0.2, 0.25) is 0 Å². The number of hydrogen-bond acceptors (Lipinski definition) is 2. The van der Waals surface area contributed by atoms with Crippen molar-refractivity contribution in [2.75, 3.05) is 11.5 Å². The maximum absolute atomic E-state index is 12.9. The van der Waals surface area contributed by atoms with E-state index in [0.29, 0.717) is 22.2 Å². The van der Waals surface area contributed by atoms with Crippen molar-refractivity contribution in [3.8, 4) is 0 Å². The summed E-state index contributed by atoms with van der Waals surface area (Å²) in [6.07, 6.45) is -4.24. The first kappa shape index (κ1) is 12.2. The second kappa shape index (κ2) is 4.30. The van der Waals surface area contributed by atoms with Gasteiger partial charge in [-0.3, -0.25) is 0 Å². The highest BCUT2D eigenvalue weighted by Gasteiger charge is 2.27. The fourth-order valence-corrected chi connectivity index (χ4v) is 1.80. The molecule has 0 saturated heterocycles. The van der Waals surface area contributed by atoms with Gasteiger partial charge in [-0.2, -0.15) is 13.2 Å². The lowest BCUT2D eigenvalue weighted by Gasteiger charge is -2.09. The summed E-state index contributed by atoms with van der Waals surface area (Å²) < 4.78 is 48.7. The molecule has 2 N–H and O–H groups in total. The number of anilines is 1. The molecule has 6 heteroatoms. The molecular weight excluding hydrogens is 230 g/mol. The third-order valence-corrected chi connectivity index (χ3v) is 2.91. The van der Waals surface area contributed by atoms with Crippen molar-refractivity contribution in [3.05, 3.63) is 23.5 Å². The van der Waals surface area contributed by atoms with E-state index in [1.165, 1.54) is 6.07 Å². The molecule has 0 aliphatic rings. The largest absolute Gasteiger partial charge is 0.398 e. The van der Waals surface area contributed by atoms with Crippen molar-refractivity contribution in [3.63, 3.8) is 0 Å². The predicted molar refractivity (Wildman–Crippen MR) is 52.3 cm³/mol. The van der Waals surface area contributed by atoms with E-state index >= 15 is 0 Å². The number of rotatable bonds is 2. The summed E-state index contributed by atoms with van der Waals surface area (Å²) in [4.78, 5) is 0.353. The number of nitrogen functional groups attached to an aromatic ring is 1. The Hall–Kier alpha value is -0.910. The van der Waals surface area contributed by atoms with Crippen LogP contribution in [-0.2, 0) is 0 Å². The van der Waals surface area contributed by atoms with Crippen molar-refractivity contribution < 1.29 is 17.6 Å². The van der Waals surface area contributed by atoms with Crippen molar-refractivity contribution in [1.29, 1.82) is 0 Å². The Bertz CT molecular complexity index is 362. The van der Waals surface area contributed by atoms with Crippen LogP contribution in [0.15, 0.2) is 17.0 Å². The predicted octanol–water partition coefficient (Wildman–Crippen LogP) is 3.37. The topological polar surface area (TPSA) is 26.0 Å². The Morgan fingerprint density at radius 3 is 2.47 bits per heavy atom. The third kappa shape index (κ3) is 3.62. The van der Waals surface area contributed by atoms with Crippen molar-refractivity contribution in [2.45, 2.75) is 18.0 Å². The average Bonchev–Trinajstić information content (AvgIpc) is 2.07. The zero-order chi connectivity index (χ0) is 11.6. The molecule has 0 unspecified atom stereocenters. The van der Waals surface area contributed by atoms with Crippen LogP contribution < -0.4 is 5.73 Å². The molecule has 0 aromatic heterocycles. The van der Waals surface area contributed by atoms with Crippen LogP contribution in [0.2, 0.25) is 0 Å². The van der Waals surface area contributed by atoms with E-state index in [1.807, 2.05) is 0 Å². The van der Waals surface area contributed by atoms with E-state index in [4.69, 9.17) is 5.73 Å². The number of halogens is 4. The molecule has 1 rings (SSSR count). The van der Waals surface area contributed by atoms with Gasteiger partial charge in [0.25, 0.3) is 0 Å². The maximum Gasteiger partial charge on any atom is 0.398 e. The van der Waals surface area contributed by atoms with Crippen LogP contribution in [0.1, 0.15) is 5.56 Å². The molecule has 0 atom stereocenters. The Morgan fingerprint density at radius 2 is 1.93 bits per heavy atom. The first-order chi connectivity index (χ1) is 6.79. The molecule has 0 bridgehead atoms. The average molecular weight is 239 g/mol. The molecule has 1 aromatic rings. The molecule has 15 heavy (non-hydrogen) atoms. The van der Waals surface area contributed by atoms with E-state index in [2.05, 4.69) is 0 Å². The number of thioether (sulfide) groups is 1. The highest BCUT2D eigenvalue weighted by atomic mass is 32.2. The second-order valence-corrected chi connectivity index (χ2v) is 4.06. The summed E-state index contributed by atoms with van der Waals surface area (Å²) in [5.41, 5.74) is 5.58. The Labute approximate surface area is 88.7 Å². The molecule has 0 aliphatic carbocycles. The summed E-state index contributed by atoms with van der Waals surface area (Å²) in [7, 11) is 0. The molecule has 0 radical (unpaired) electrons. The van der Waals surface area contributed by atoms with Crippen molar-refractivity contribution in [2.24, 2.45) is 0 Å². The zero-order valence-corrected chi connectivity index (χ0v) is 8.68. The van der Waals surface area contributed by atoms with Gasteiger partial charge in [-0.05, 0) is 24.6 Å². The van der Waals surface area contributed by atoms with Crippen LogP contribution >= 0.6 is 11.8 Å². The highest BCUT2D eigenvalue weighted by Crippen LogP contribution is 2.31. The molecule has 0 saturated carbocycles. The van der Waals surface area contributed by atoms with Crippen molar-refractivity contribution in [1.82, 2.24) is 0 Å². The van der Waals surface area contributed by atoms with Gasteiger partial charge < -0.3 is 5.73 Å². The van der Waals surface area contributed by atoms with Gasteiger partial charge in [0.15, 0.2) is 0 Å². The summed E-state index contributed by atoms with van der Waals surface area (Å²) in [5, 5.41) is 0. The molecule has 1 aromatic carbocycles. The molecule has 0 spiro atoms. The first-order valence-electron chi connectivity index (χ1n) is 4.05. The molecule has 0 fully saturated rings. The molecule has 1 nitrogen and oxygen atoms in total. The summed E-state index contributed by atoms with van der Waals surface area (Å²) in [6, 6.07) is 2.36. The minimum atomic E-state index is -4.24. The molecular formula is C9H9F4NS. The van der Waals surface area contributed by atoms with Crippen LogP contribution in [-0.4, -0.2) is 11.9 Å². The zero-order valence-electron chi connectivity index (χ0n) is 7.86. The van der Waals surface area contributed by atoms with Gasteiger partial charge in [-0.15, -0.1) is 11.8 Å². The normalized spacial score (nSPS) is 11.8. The van der Waals surface area contributed by atoms with Crippen LogP contribution in [0, 0.1) is 12.7 Å². The van der Waals surface area contributed by atoms with Gasteiger partial charge in [-0.1, -0.05) is 0 Å². The number of alkyl halides is 3. The van der Waals surface area contributed by atoms with Crippen molar-refractivity contribution >= 4 is 17.4 Å². The maximum atomic E-state index is 12.9. The number of benzene rings is 1. The Morgan fingerprint density at radius 1 is 1.33 bits per heavy atom. The molecule has 84 valence electrons. The molecule has 0 amide bonds. The SMILES string of the molecule is Cc1cc(F)c(N)cc1SCC(F)(F)F. The third-order valence-electron chi connectivity index (χ3n) is 1.69. The highest BCUT2D eigenvalue weighted by molar-refractivity contribution is 7.99. The smallest absolute Gasteiger partial charge is 0.396 e. The standard InChI is InChI=1S/C9H9F4NS/c1-5-2-6(10)7(14)3-8(5)15-4-9(11,12)13/h2-3H,4,14H2,1H3. The fraction of sp³-hybridized carbons (Fsp3) is 0.333. The molecule has 0 aliphatic heterocycles. The van der Waals surface area contributed by atoms with E-state index < -0.39 is 17.7 Å².